The molecule has 0 atom stereocenters. The summed E-state index contributed by atoms with van der Waals surface area (Å²) in [5, 5.41) is 8.28. The van der Waals surface area contributed by atoms with Crippen molar-refractivity contribution in [1.82, 2.24) is 15.1 Å². The highest BCUT2D eigenvalue weighted by Crippen LogP contribution is 2.25. The molecule has 0 saturated heterocycles. The number of ether oxygens (including phenoxy) is 1. The van der Waals surface area contributed by atoms with Gasteiger partial charge in [0.15, 0.2) is 0 Å². The van der Waals surface area contributed by atoms with E-state index in [0.29, 0.717) is 11.6 Å². The van der Waals surface area contributed by atoms with Gasteiger partial charge in [0, 0.05) is 19.2 Å². The first-order chi connectivity index (χ1) is 10.1. The summed E-state index contributed by atoms with van der Waals surface area (Å²) in [4.78, 5) is 0. The summed E-state index contributed by atoms with van der Waals surface area (Å²) in [6.07, 6.45) is 0.822. The Hall–Kier alpha value is -1.52. The van der Waals surface area contributed by atoms with Crippen LogP contribution in [0.4, 0.5) is 0 Å². The zero-order valence-corrected chi connectivity index (χ0v) is 13.8. The molecule has 0 aliphatic rings. The summed E-state index contributed by atoms with van der Waals surface area (Å²) in [5.74, 6) is 0.880. The molecule has 0 saturated carbocycles. The molecule has 0 bridgehead atoms. The Morgan fingerprint density at radius 1 is 1.38 bits per heavy atom. The first kappa shape index (κ1) is 15.9. The fraction of sp³-hybridized carbons (Fsp3) is 0.438. The molecule has 0 fully saturated rings. The maximum Gasteiger partial charge on any atom is 0.131 e. The maximum atomic E-state index is 6.35. The van der Waals surface area contributed by atoms with Crippen molar-refractivity contribution in [2.24, 2.45) is 7.05 Å². The number of rotatable bonds is 6. The number of nitrogens with zero attached hydrogens (tertiary/aromatic N) is 2. The Morgan fingerprint density at radius 2 is 2.14 bits per heavy atom. The summed E-state index contributed by atoms with van der Waals surface area (Å²) in [6.45, 7) is 5.32. The van der Waals surface area contributed by atoms with Gasteiger partial charge in [0.05, 0.1) is 16.4 Å². The van der Waals surface area contributed by atoms with E-state index in [9.17, 15) is 0 Å². The van der Waals surface area contributed by atoms with Crippen molar-refractivity contribution in [3.8, 4) is 5.75 Å². The fourth-order valence-electron chi connectivity index (χ4n) is 2.30. The summed E-state index contributed by atoms with van der Waals surface area (Å²) in [7, 11) is 3.82. The van der Waals surface area contributed by atoms with Crippen LogP contribution >= 0.6 is 11.6 Å². The molecule has 1 heterocycles. The van der Waals surface area contributed by atoms with Gasteiger partial charge in [0.2, 0.25) is 0 Å². The Bertz CT molecular complexity index is 622. The number of nitrogens with one attached hydrogen (secondary N) is 1. The molecule has 2 rings (SSSR count). The Balaban J connectivity index is 2.18. The summed E-state index contributed by atoms with van der Waals surface area (Å²) >= 11 is 6.35. The zero-order valence-electron chi connectivity index (χ0n) is 13.0. The SMILES string of the molecule is CCc1nn(C)c(COc2ccc(C)cc2CNC)c1Cl. The van der Waals surface area contributed by atoms with Crippen LogP contribution in [0.15, 0.2) is 18.2 Å². The highest BCUT2D eigenvalue weighted by atomic mass is 35.5. The van der Waals surface area contributed by atoms with E-state index in [4.69, 9.17) is 16.3 Å². The molecule has 0 unspecified atom stereocenters. The molecule has 0 aliphatic carbocycles. The molecule has 0 aliphatic heterocycles. The maximum absolute atomic E-state index is 6.35. The summed E-state index contributed by atoms with van der Waals surface area (Å²) in [5.41, 5.74) is 4.19. The van der Waals surface area contributed by atoms with E-state index in [1.807, 2.05) is 27.1 Å². The van der Waals surface area contributed by atoms with E-state index in [1.54, 1.807) is 4.68 Å². The van der Waals surface area contributed by atoms with Gasteiger partial charge in [-0.2, -0.15) is 5.10 Å². The van der Waals surface area contributed by atoms with Gasteiger partial charge in [-0.05, 0) is 26.5 Å². The van der Waals surface area contributed by atoms with Gasteiger partial charge < -0.3 is 10.1 Å². The van der Waals surface area contributed by atoms with Crippen LogP contribution in [0.1, 0.15) is 29.4 Å². The molecule has 114 valence electrons. The molecule has 1 N–H and O–H groups in total. The molecule has 1 aromatic carbocycles. The first-order valence-corrected chi connectivity index (χ1v) is 7.51. The molecule has 2 aromatic rings. The third-order valence-corrected chi connectivity index (χ3v) is 3.89. The van der Waals surface area contributed by atoms with Crippen molar-refractivity contribution in [1.29, 1.82) is 0 Å². The van der Waals surface area contributed by atoms with Gasteiger partial charge in [-0.1, -0.05) is 36.2 Å². The standard InChI is InChI=1S/C16H22ClN3O/c1-5-13-16(17)14(20(4)19-13)10-21-15-7-6-11(2)8-12(15)9-18-3/h6-8,18H,5,9-10H2,1-4H3. The second kappa shape index (κ2) is 6.96. The van der Waals surface area contributed by atoms with Crippen LogP contribution in [0.3, 0.4) is 0 Å². The molecule has 0 spiro atoms. The van der Waals surface area contributed by atoms with Gasteiger partial charge in [0.25, 0.3) is 0 Å². The highest BCUT2D eigenvalue weighted by molar-refractivity contribution is 6.31. The van der Waals surface area contributed by atoms with Crippen LogP contribution in [0.2, 0.25) is 5.02 Å². The Kier molecular flexibility index (Phi) is 5.26. The highest BCUT2D eigenvalue weighted by Gasteiger charge is 2.14. The van der Waals surface area contributed by atoms with Gasteiger partial charge in [-0.15, -0.1) is 0 Å². The van der Waals surface area contributed by atoms with Crippen LogP contribution in [0, 0.1) is 6.92 Å². The lowest BCUT2D eigenvalue weighted by atomic mass is 10.1. The molecule has 0 radical (unpaired) electrons. The van der Waals surface area contributed by atoms with E-state index in [2.05, 4.69) is 29.5 Å². The second-order valence-corrected chi connectivity index (χ2v) is 5.49. The van der Waals surface area contributed by atoms with Crippen LogP contribution in [0.5, 0.6) is 5.75 Å². The monoisotopic (exact) mass is 307 g/mol. The molecule has 4 nitrogen and oxygen atoms in total. The largest absolute Gasteiger partial charge is 0.487 e. The number of benzene rings is 1. The molecule has 0 amide bonds. The van der Waals surface area contributed by atoms with Crippen molar-refractivity contribution in [3.05, 3.63) is 45.7 Å². The predicted molar refractivity (Wildman–Crippen MR) is 85.9 cm³/mol. The normalized spacial score (nSPS) is 10.9. The van der Waals surface area contributed by atoms with Crippen LogP contribution in [0.25, 0.3) is 0 Å². The van der Waals surface area contributed by atoms with Gasteiger partial charge in [0.1, 0.15) is 12.4 Å². The first-order valence-electron chi connectivity index (χ1n) is 7.14. The van der Waals surface area contributed by atoms with Crippen molar-refractivity contribution in [2.75, 3.05) is 7.05 Å². The lowest BCUT2D eigenvalue weighted by Gasteiger charge is -2.12. The summed E-state index contributed by atoms with van der Waals surface area (Å²) in [6, 6.07) is 6.19. The van der Waals surface area contributed by atoms with E-state index in [0.717, 1.165) is 35.7 Å². The Labute approximate surface area is 131 Å². The zero-order chi connectivity index (χ0) is 15.4. The third kappa shape index (κ3) is 3.57. The second-order valence-electron chi connectivity index (χ2n) is 5.11. The third-order valence-electron chi connectivity index (χ3n) is 3.45. The Morgan fingerprint density at radius 3 is 2.76 bits per heavy atom. The van der Waals surface area contributed by atoms with E-state index in [1.165, 1.54) is 5.56 Å². The molecular weight excluding hydrogens is 286 g/mol. The van der Waals surface area contributed by atoms with Crippen LogP contribution in [-0.4, -0.2) is 16.8 Å². The minimum atomic E-state index is 0.419. The average molecular weight is 308 g/mol. The molecule has 1 aromatic heterocycles. The molecular formula is C16H22ClN3O. The van der Waals surface area contributed by atoms with Gasteiger partial charge in [-0.25, -0.2) is 0 Å². The van der Waals surface area contributed by atoms with Crippen molar-refractivity contribution < 1.29 is 4.74 Å². The number of hydrogen-bond acceptors (Lipinski definition) is 3. The number of halogens is 1. The summed E-state index contributed by atoms with van der Waals surface area (Å²) < 4.78 is 7.76. The average Bonchev–Trinajstić information content (AvgIpc) is 2.73. The number of aryl methyl sites for hydroxylation is 3. The molecule has 21 heavy (non-hydrogen) atoms. The van der Waals surface area contributed by atoms with E-state index in [-0.39, 0.29) is 0 Å². The topological polar surface area (TPSA) is 39.1 Å². The van der Waals surface area contributed by atoms with Crippen molar-refractivity contribution >= 4 is 11.6 Å². The van der Waals surface area contributed by atoms with Crippen molar-refractivity contribution in [3.63, 3.8) is 0 Å². The number of aromatic nitrogens is 2. The van der Waals surface area contributed by atoms with Crippen molar-refractivity contribution in [2.45, 2.75) is 33.4 Å². The van der Waals surface area contributed by atoms with E-state index < -0.39 is 0 Å². The van der Waals surface area contributed by atoms with Gasteiger partial charge in [-0.3, -0.25) is 4.68 Å². The smallest absolute Gasteiger partial charge is 0.131 e. The van der Waals surface area contributed by atoms with Crippen LogP contribution < -0.4 is 10.1 Å². The lowest BCUT2D eigenvalue weighted by molar-refractivity contribution is 0.291. The quantitative estimate of drug-likeness (QED) is 0.890. The predicted octanol–water partition coefficient (Wildman–Crippen LogP) is 3.24. The minimum Gasteiger partial charge on any atom is -0.487 e. The fourth-order valence-corrected chi connectivity index (χ4v) is 2.65. The van der Waals surface area contributed by atoms with E-state index >= 15 is 0 Å². The minimum absolute atomic E-state index is 0.419. The van der Waals surface area contributed by atoms with Crippen LogP contribution in [-0.2, 0) is 26.6 Å². The molecule has 5 heteroatoms. The number of hydrogen-bond donors (Lipinski definition) is 1. The van der Waals surface area contributed by atoms with Gasteiger partial charge >= 0.3 is 0 Å². The lowest BCUT2D eigenvalue weighted by Crippen LogP contribution is -2.09.